The van der Waals surface area contributed by atoms with Gasteiger partial charge in [0.25, 0.3) is 0 Å². The maximum atomic E-state index is 9.48. The number of hydrogen-bond donors (Lipinski definition) is 2. The van der Waals surface area contributed by atoms with Crippen LogP contribution < -0.4 is 5.32 Å². The Morgan fingerprint density at radius 3 is 2.38 bits per heavy atom. The minimum absolute atomic E-state index is 0.104. The van der Waals surface area contributed by atoms with E-state index in [1.807, 2.05) is 0 Å². The molecule has 0 radical (unpaired) electrons. The van der Waals surface area contributed by atoms with Crippen molar-refractivity contribution in [2.45, 2.75) is 45.7 Å². The number of benzene rings is 1. The molecule has 0 amide bonds. The van der Waals surface area contributed by atoms with Gasteiger partial charge in [-0.25, -0.2) is 0 Å². The van der Waals surface area contributed by atoms with Gasteiger partial charge >= 0.3 is 0 Å². The van der Waals surface area contributed by atoms with Crippen LogP contribution in [0.4, 0.5) is 0 Å². The second-order valence-corrected chi connectivity index (χ2v) is 4.97. The molecule has 2 nitrogen and oxygen atoms in total. The molecule has 2 N–H and O–H groups in total. The largest absolute Gasteiger partial charge is 0.394 e. The average molecular weight is 219 g/mol. The van der Waals surface area contributed by atoms with Gasteiger partial charge in [0.15, 0.2) is 0 Å². The molecule has 16 heavy (non-hydrogen) atoms. The van der Waals surface area contributed by atoms with E-state index in [4.69, 9.17) is 0 Å². The van der Waals surface area contributed by atoms with Crippen LogP contribution in [0, 0.1) is 20.8 Å². The Balaban J connectivity index is 2.25. The van der Waals surface area contributed by atoms with Gasteiger partial charge in [-0.2, -0.15) is 0 Å². The fourth-order valence-electron chi connectivity index (χ4n) is 2.13. The van der Waals surface area contributed by atoms with Crippen molar-refractivity contribution in [1.29, 1.82) is 0 Å². The van der Waals surface area contributed by atoms with Crippen molar-refractivity contribution in [2.24, 2.45) is 0 Å². The molecule has 2 rings (SSSR count). The molecule has 0 spiro atoms. The molecule has 1 unspecified atom stereocenters. The van der Waals surface area contributed by atoms with Gasteiger partial charge in [-0.05, 0) is 55.9 Å². The molecule has 0 aromatic heterocycles. The number of aliphatic hydroxyl groups excluding tert-OH is 1. The fourth-order valence-corrected chi connectivity index (χ4v) is 2.13. The van der Waals surface area contributed by atoms with E-state index in [-0.39, 0.29) is 12.6 Å². The average Bonchev–Trinajstić information content (AvgIpc) is 3.04. The van der Waals surface area contributed by atoms with Crippen molar-refractivity contribution < 1.29 is 5.11 Å². The molecule has 1 aliphatic rings. The van der Waals surface area contributed by atoms with E-state index in [1.54, 1.807) is 0 Å². The summed E-state index contributed by atoms with van der Waals surface area (Å²) in [6.07, 6.45) is 2.50. The summed E-state index contributed by atoms with van der Waals surface area (Å²) in [5, 5.41) is 13.0. The van der Waals surface area contributed by atoms with E-state index >= 15 is 0 Å². The van der Waals surface area contributed by atoms with Crippen LogP contribution in [0.25, 0.3) is 0 Å². The van der Waals surface area contributed by atoms with Crippen LogP contribution in [0.2, 0.25) is 0 Å². The third-order valence-electron chi connectivity index (χ3n) is 3.45. The molecule has 1 aromatic rings. The molecular weight excluding hydrogens is 198 g/mol. The van der Waals surface area contributed by atoms with Crippen LogP contribution in [0.1, 0.15) is 41.1 Å². The van der Waals surface area contributed by atoms with Gasteiger partial charge in [-0.1, -0.05) is 12.1 Å². The summed E-state index contributed by atoms with van der Waals surface area (Å²) in [4.78, 5) is 0. The standard InChI is InChI=1S/C14H21NO/c1-9-6-11(3)13(7-10(9)2)14(8-16)15-12-4-5-12/h6-7,12,14-16H,4-5,8H2,1-3H3. The van der Waals surface area contributed by atoms with Gasteiger partial charge < -0.3 is 10.4 Å². The predicted octanol–water partition coefficient (Wildman–Crippen LogP) is 2.40. The van der Waals surface area contributed by atoms with Crippen LogP contribution in [0.3, 0.4) is 0 Å². The Kier molecular flexibility index (Phi) is 3.31. The Morgan fingerprint density at radius 2 is 1.81 bits per heavy atom. The normalized spacial score (nSPS) is 17.5. The van der Waals surface area contributed by atoms with Gasteiger partial charge in [0.2, 0.25) is 0 Å². The van der Waals surface area contributed by atoms with Gasteiger partial charge in [-0.15, -0.1) is 0 Å². The molecule has 0 heterocycles. The summed E-state index contributed by atoms with van der Waals surface area (Å²) in [6, 6.07) is 5.15. The van der Waals surface area contributed by atoms with Crippen molar-refractivity contribution in [3.05, 3.63) is 34.4 Å². The van der Waals surface area contributed by atoms with Crippen molar-refractivity contribution >= 4 is 0 Å². The second-order valence-electron chi connectivity index (χ2n) is 4.97. The van der Waals surface area contributed by atoms with E-state index in [9.17, 15) is 5.11 Å². The van der Waals surface area contributed by atoms with Gasteiger partial charge in [0, 0.05) is 6.04 Å². The number of nitrogens with one attached hydrogen (secondary N) is 1. The molecule has 88 valence electrons. The lowest BCUT2D eigenvalue weighted by atomic mass is 9.96. The molecule has 0 saturated heterocycles. The highest BCUT2D eigenvalue weighted by Crippen LogP contribution is 2.27. The monoisotopic (exact) mass is 219 g/mol. The zero-order valence-electron chi connectivity index (χ0n) is 10.4. The van der Waals surface area contributed by atoms with Gasteiger partial charge in [0.05, 0.1) is 12.6 Å². The van der Waals surface area contributed by atoms with Crippen LogP contribution in [0.5, 0.6) is 0 Å². The van der Waals surface area contributed by atoms with Gasteiger partial charge in [-0.3, -0.25) is 0 Å². The third-order valence-corrected chi connectivity index (χ3v) is 3.45. The zero-order valence-corrected chi connectivity index (χ0v) is 10.4. The molecule has 1 aromatic carbocycles. The minimum Gasteiger partial charge on any atom is -0.394 e. The summed E-state index contributed by atoms with van der Waals surface area (Å²) >= 11 is 0. The summed E-state index contributed by atoms with van der Waals surface area (Å²) in [5.41, 5.74) is 5.15. The van der Waals surface area contributed by atoms with E-state index in [0.29, 0.717) is 6.04 Å². The van der Waals surface area contributed by atoms with Crippen molar-refractivity contribution in [3.63, 3.8) is 0 Å². The highest BCUT2D eigenvalue weighted by atomic mass is 16.3. The molecule has 1 saturated carbocycles. The van der Waals surface area contributed by atoms with Crippen molar-refractivity contribution in [2.75, 3.05) is 6.61 Å². The maximum Gasteiger partial charge on any atom is 0.0626 e. The van der Waals surface area contributed by atoms with E-state index < -0.39 is 0 Å². The van der Waals surface area contributed by atoms with E-state index in [1.165, 1.54) is 35.1 Å². The second kappa shape index (κ2) is 4.56. The van der Waals surface area contributed by atoms with Crippen LogP contribution >= 0.6 is 0 Å². The molecule has 1 fully saturated rings. The summed E-state index contributed by atoms with van der Waals surface area (Å²) in [6.45, 7) is 6.57. The topological polar surface area (TPSA) is 32.3 Å². The molecule has 2 heteroatoms. The number of hydrogen-bond acceptors (Lipinski definition) is 2. The summed E-state index contributed by atoms with van der Waals surface area (Å²) in [7, 11) is 0. The van der Waals surface area contributed by atoms with Crippen molar-refractivity contribution in [3.8, 4) is 0 Å². The Hall–Kier alpha value is -0.860. The van der Waals surface area contributed by atoms with Crippen LogP contribution in [0.15, 0.2) is 12.1 Å². The van der Waals surface area contributed by atoms with Crippen LogP contribution in [-0.4, -0.2) is 17.8 Å². The highest BCUT2D eigenvalue weighted by Gasteiger charge is 2.25. The predicted molar refractivity (Wildman–Crippen MR) is 66.6 cm³/mol. The van der Waals surface area contributed by atoms with Crippen molar-refractivity contribution in [1.82, 2.24) is 5.32 Å². The molecule has 0 bridgehead atoms. The van der Waals surface area contributed by atoms with Gasteiger partial charge in [0.1, 0.15) is 0 Å². The first-order valence-corrected chi connectivity index (χ1v) is 6.06. The number of aliphatic hydroxyl groups is 1. The molecule has 1 aliphatic carbocycles. The Labute approximate surface area is 97.7 Å². The Bertz CT molecular complexity index is 383. The first-order valence-electron chi connectivity index (χ1n) is 6.06. The smallest absolute Gasteiger partial charge is 0.0626 e. The zero-order chi connectivity index (χ0) is 11.7. The summed E-state index contributed by atoms with van der Waals surface area (Å²) in [5.74, 6) is 0. The lowest BCUT2D eigenvalue weighted by molar-refractivity contribution is 0.243. The molecular formula is C14H21NO. The fraction of sp³-hybridized carbons (Fsp3) is 0.571. The quantitative estimate of drug-likeness (QED) is 0.815. The Morgan fingerprint density at radius 1 is 1.19 bits per heavy atom. The van der Waals surface area contributed by atoms with E-state index in [0.717, 1.165) is 0 Å². The van der Waals surface area contributed by atoms with Crippen LogP contribution in [-0.2, 0) is 0 Å². The lowest BCUT2D eigenvalue weighted by Gasteiger charge is -2.20. The number of rotatable bonds is 4. The first kappa shape index (κ1) is 11.6. The maximum absolute atomic E-state index is 9.48. The minimum atomic E-state index is 0.104. The third kappa shape index (κ3) is 2.45. The SMILES string of the molecule is Cc1cc(C)c(C(CO)NC2CC2)cc1C. The number of aryl methyl sites for hydroxylation is 3. The molecule has 0 aliphatic heterocycles. The van der Waals surface area contributed by atoms with E-state index in [2.05, 4.69) is 38.2 Å². The molecule has 1 atom stereocenters. The highest BCUT2D eigenvalue weighted by molar-refractivity contribution is 5.38. The lowest BCUT2D eigenvalue weighted by Crippen LogP contribution is -2.27. The first-order chi connectivity index (χ1) is 7.61. The summed E-state index contributed by atoms with van der Waals surface area (Å²) < 4.78 is 0.